The molecule has 10 nitrogen and oxygen atoms in total. The summed E-state index contributed by atoms with van der Waals surface area (Å²) in [7, 11) is 0. The lowest BCUT2D eigenvalue weighted by molar-refractivity contribution is 0.562. The zero-order chi connectivity index (χ0) is 27.6. The topological polar surface area (TPSA) is 146 Å². The predicted octanol–water partition coefficient (Wildman–Crippen LogP) is 6.21. The third-order valence-corrected chi connectivity index (χ3v) is 5.79. The van der Waals surface area contributed by atoms with Crippen molar-refractivity contribution in [2.45, 2.75) is 51.4 Å². The molecule has 0 atom stereocenters. The molecule has 2 aromatic heterocycles. The summed E-state index contributed by atoms with van der Waals surface area (Å²) in [5.74, 6) is 0.678. The second-order valence-electron chi connectivity index (χ2n) is 8.02. The van der Waals surface area contributed by atoms with E-state index in [1.165, 1.54) is 0 Å². The van der Waals surface area contributed by atoms with E-state index in [2.05, 4.69) is 41.2 Å². The van der Waals surface area contributed by atoms with E-state index in [0.717, 1.165) is 51.4 Å². The molecule has 0 saturated heterocycles. The molecule has 2 aromatic rings. The summed E-state index contributed by atoms with van der Waals surface area (Å²) < 4.78 is 0. The molecule has 2 heterocycles. The summed E-state index contributed by atoms with van der Waals surface area (Å²) in [6.45, 7) is 1.37. The lowest BCUT2D eigenvalue weighted by Gasteiger charge is -2.09. The number of nitrogens with zero attached hydrogens (tertiary/aromatic N) is 6. The summed E-state index contributed by atoms with van der Waals surface area (Å²) in [4.78, 5) is 16.4. The van der Waals surface area contributed by atoms with E-state index in [1.807, 2.05) is 12.4 Å². The fraction of sp³-hybridized carbons (Fsp3) is 0.417. The second kappa shape index (κ2) is 18.3. The smallest absolute Gasteiger partial charge is 0.209 e. The number of pyridine rings is 2. The molecule has 14 heteroatoms. The van der Waals surface area contributed by atoms with Crippen molar-refractivity contribution in [3.8, 4) is 12.4 Å². The Hall–Kier alpha value is -3.02. The highest BCUT2D eigenvalue weighted by Crippen LogP contribution is 2.22. The number of aromatic nitrogens is 2. The van der Waals surface area contributed by atoms with Crippen LogP contribution in [-0.4, -0.2) is 35.0 Å². The van der Waals surface area contributed by atoms with Crippen LogP contribution < -0.4 is 21.3 Å². The van der Waals surface area contributed by atoms with E-state index in [9.17, 15) is 0 Å². The Labute approximate surface area is 242 Å². The monoisotopic (exact) mass is 596 g/mol. The zero-order valence-corrected chi connectivity index (χ0v) is 23.6. The van der Waals surface area contributed by atoms with Gasteiger partial charge in [-0.15, -0.1) is 0 Å². The fourth-order valence-corrected chi connectivity index (χ4v) is 4.24. The number of aliphatic imine (C=N–C) groups is 2. The molecule has 0 aliphatic rings. The SMILES string of the molecule is N#CN/C(=N/c1cc(Cl)nc(Cl)c1)NCCCCCCCCCCN/C(=N\c1cc(Cl)nc(Cl)c1)NC#N. The van der Waals surface area contributed by atoms with Gasteiger partial charge in [0.15, 0.2) is 12.4 Å². The van der Waals surface area contributed by atoms with E-state index in [0.29, 0.717) is 36.4 Å². The van der Waals surface area contributed by atoms with E-state index in [1.54, 1.807) is 24.3 Å². The Morgan fingerprint density at radius 2 is 0.921 bits per heavy atom. The lowest BCUT2D eigenvalue weighted by Crippen LogP contribution is -2.34. The minimum atomic E-state index is 0.232. The lowest BCUT2D eigenvalue weighted by atomic mass is 10.1. The van der Waals surface area contributed by atoms with Gasteiger partial charge in [-0.2, -0.15) is 10.5 Å². The van der Waals surface area contributed by atoms with Crippen molar-refractivity contribution < 1.29 is 0 Å². The Balaban J connectivity index is 1.56. The highest BCUT2D eigenvalue weighted by Gasteiger charge is 2.04. The van der Waals surface area contributed by atoms with Crippen LogP contribution in [0.1, 0.15) is 51.4 Å². The minimum absolute atomic E-state index is 0.232. The van der Waals surface area contributed by atoms with Gasteiger partial charge in [0.05, 0.1) is 11.4 Å². The molecule has 0 bridgehead atoms. The number of hydrogen-bond acceptors (Lipinski definition) is 6. The predicted molar refractivity (Wildman–Crippen MR) is 153 cm³/mol. The van der Waals surface area contributed by atoms with Gasteiger partial charge in [0, 0.05) is 37.4 Å². The Morgan fingerprint density at radius 3 is 1.24 bits per heavy atom. The van der Waals surface area contributed by atoms with Gasteiger partial charge >= 0.3 is 0 Å². The molecule has 0 saturated carbocycles. The molecule has 0 aliphatic heterocycles. The first-order valence-electron chi connectivity index (χ1n) is 12.0. The molecule has 0 amide bonds. The quantitative estimate of drug-likeness (QED) is 0.0532. The van der Waals surface area contributed by atoms with Gasteiger partial charge in [-0.3, -0.25) is 10.6 Å². The first kappa shape index (κ1) is 31.2. The van der Waals surface area contributed by atoms with Crippen molar-refractivity contribution in [3.63, 3.8) is 0 Å². The normalized spacial score (nSPS) is 11.4. The van der Waals surface area contributed by atoms with Crippen molar-refractivity contribution in [1.82, 2.24) is 31.2 Å². The molecule has 2 rings (SSSR count). The van der Waals surface area contributed by atoms with Crippen molar-refractivity contribution >= 4 is 69.7 Å². The van der Waals surface area contributed by atoms with Crippen LogP contribution in [0.25, 0.3) is 0 Å². The van der Waals surface area contributed by atoms with Crippen molar-refractivity contribution in [2.75, 3.05) is 13.1 Å². The van der Waals surface area contributed by atoms with Crippen LogP contribution in [0.4, 0.5) is 11.4 Å². The van der Waals surface area contributed by atoms with Crippen LogP contribution in [0.5, 0.6) is 0 Å². The van der Waals surface area contributed by atoms with Gasteiger partial charge in [0.25, 0.3) is 0 Å². The van der Waals surface area contributed by atoms with Gasteiger partial charge in [-0.25, -0.2) is 20.0 Å². The molecular weight excluding hydrogens is 570 g/mol. The number of rotatable bonds is 13. The molecule has 0 radical (unpaired) electrons. The summed E-state index contributed by atoms with van der Waals surface area (Å²) >= 11 is 23.6. The summed E-state index contributed by atoms with van der Waals surface area (Å²) in [6.07, 6.45) is 12.4. The first-order chi connectivity index (χ1) is 18.4. The molecule has 202 valence electrons. The minimum Gasteiger partial charge on any atom is -0.355 e. The third kappa shape index (κ3) is 13.5. The Morgan fingerprint density at radius 1 is 0.605 bits per heavy atom. The van der Waals surface area contributed by atoms with E-state index < -0.39 is 0 Å². The summed E-state index contributed by atoms with van der Waals surface area (Å²) in [6, 6.07) is 6.26. The van der Waals surface area contributed by atoms with Crippen LogP contribution in [0.3, 0.4) is 0 Å². The van der Waals surface area contributed by atoms with Gasteiger partial charge in [0.1, 0.15) is 20.6 Å². The number of hydrogen-bond donors (Lipinski definition) is 4. The highest BCUT2D eigenvalue weighted by atomic mass is 35.5. The maximum atomic E-state index is 8.95. The van der Waals surface area contributed by atoms with Gasteiger partial charge < -0.3 is 10.6 Å². The summed E-state index contributed by atoms with van der Waals surface area (Å²) in [5.41, 5.74) is 1.01. The highest BCUT2D eigenvalue weighted by molar-refractivity contribution is 6.33. The molecule has 38 heavy (non-hydrogen) atoms. The van der Waals surface area contributed by atoms with E-state index in [4.69, 9.17) is 56.9 Å². The Kier molecular flexibility index (Phi) is 15.0. The molecule has 0 aromatic carbocycles. The maximum Gasteiger partial charge on any atom is 0.209 e. The van der Waals surface area contributed by atoms with Crippen LogP contribution in [0.15, 0.2) is 34.3 Å². The summed E-state index contributed by atoms with van der Waals surface area (Å²) in [5, 5.41) is 30.1. The Bertz CT molecular complexity index is 1040. The van der Waals surface area contributed by atoms with E-state index in [-0.39, 0.29) is 20.6 Å². The number of nitriles is 2. The number of halogens is 4. The molecular formula is C24H28Cl4N10. The average molecular weight is 598 g/mol. The molecule has 4 N–H and O–H groups in total. The van der Waals surface area contributed by atoms with Crippen LogP contribution in [0, 0.1) is 22.9 Å². The van der Waals surface area contributed by atoms with Crippen molar-refractivity contribution in [3.05, 3.63) is 44.9 Å². The third-order valence-electron chi connectivity index (χ3n) is 5.01. The van der Waals surface area contributed by atoms with Gasteiger partial charge in [0.2, 0.25) is 11.9 Å². The standard InChI is InChI=1S/C24H28Cl4N10/c25-19-11-17(12-20(26)37-19)35-23(33-15-29)31-9-7-5-3-1-2-4-6-8-10-32-24(34-16-30)36-18-13-21(27)38-22(28)14-18/h11-14H,1-10H2,(H2,31,33,35,37)(H2,32,34,36,38). The van der Waals surface area contributed by atoms with Crippen LogP contribution in [-0.2, 0) is 0 Å². The van der Waals surface area contributed by atoms with Crippen molar-refractivity contribution in [1.29, 1.82) is 10.5 Å². The van der Waals surface area contributed by atoms with Gasteiger partial charge in [-0.05, 0) is 12.8 Å². The maximum absolute atomic E-state index is 8.95. The number of unbranched alkanes of at least 4 members (excludes halogenated alkanes) is 7. The first-order valence-corrected chi connectivity index (χ1v) is 13.5. The number of guanidine groups is 2. The average Bonchev–Trinajstić information content (AvgIpc) is 2.83. The van der Waals surface area contributed by atoms with Gasteiger partial charge in [-0.1, -0.05) is 84.9 Å². The molecule has 0 aliphatic carbocycles. The largest absolute Gasteiger partial charge is 0.355 e. The number of nitrogens with one attached hydrogen (secondary N) is 4. The van der Waals surface area contributed by atoms with Crippen LogP contribution in [0.2, 0.25) is 20.6 Å². The fourth-order valence-electron chi connectivity index (χ4n) is 3.35. The van der Waals surface area contributed by atoms with Crippen LogP contribution >= 0.6 is 46.4 Å². The van der Waals surface area contributed by atoms with E-state index >= 15 is 0 Å². The molecule has 0 fully saturated rings. The zero-order valence-electron chi connectivity index (χ0n) is 20.6. The second-order valence-corrected chi connectivity index (χ2v) is 9.57. The molecule has 0 unspecified atom stereocenters. The van der Waals surface area contributed by atoms with Crippen molar-refractivity contribution in [2.24, 2.45) is 9.98 Å². The molecule has 0 spiro atoms.